The summed E-state index contributed by atoms with van der Waals surface area (Å²) in [5.74, 6) is 0.420. The van der Waals surface area contributed by atoms with Gasteiger partial charge in [-0.25, -0.2) is 9.36 Å². The predicted octanol–water partition coefficient (Wildman–Crippen LogP) is -0.294. The number of hydrogen-bond acceptors (Lipinski definition) is 3. The SMILES string of the molecule is CC1=CCn2c(N)nc(=N)n2C1. The minimum Gasteiger partial charge on any atom is -0.368 e. The van der Waals surface area contributed by atoms with Crippen LogP contribution in [0.4, 0.5) is 5.95 Å². The number of nitrogens with two attached hydrogens (primary N) is 1. The molecule has 0 amide bonds. The quantitative estimate of drug-likeness (QED) is 0.518. The summed E-state index contributed by atoms with van der Waals surface area (Å²) in [7, 11) is 0. The summed E-state index contributed by atoms with van der Waals surface area (Å²) in [4.78, 5) is 3.86. The van der Waals surface area contributed by atoms with Crippen molar-refractivity contribution >= 4 is 5.95 Å². The van der Waals surface area contributed by atoms with Crippen molar-refractivity contribution in [2.45, 2.75) is 20.0 Å². The molecule has 5 heteroatoms. The molecule has 0 unspecified atom stereocenters. The molecule has 2 rings (SSSR count). The molecule has 64 valence electrons. The fourth-order valence-corrected chi connectivity index (χ4v) is 1.36. The molecule has 3 N–H and O–H groups in total. The summed E-state index contributed by atoms with van der Waals surface area (Å²) < 4.78 is 3.57. The van der Waals surface area contributed by atoms with Gasteiger partial charge in [0.15, 0.2) is 0 Å². The predicted molar refractivity (Wildman–Crippen MR) is 44.2 cm³/mol. The lowest BCUT2D eigenvalue weighted by molar-refractivity contribution is 0.475. The molecule has 0 spiro atoms. The highest BCUT2D eigenvalue weighted by molar-refractivity contribution is 5.17. The van der Waals surface area contributed by atoms with Crippen molar-refractivity contribution in [1.29, 1.82) is 5.41 Å². The fourth-order valence-electron chi connectivity index (χ4n) is 1.36. The fraction of sp³-hybridized carbons (Fsp3) is 0.429. The van der Waals surface area contributed by atoms with Crippen molar-refractivity contribution in [1.82, 2.24) is 14.3 Å². The van der Waals surface area contributed by atoms with Gasteiger partial charge in [-0.3, -0.25) is 5.41 Å². The maximum absolute atomic E-state index is 7.48. The number of nitrogens with one attached hydrogen (secondary N) is 1. The largest absolute Gasteiger partial charge is 0.368 e. The lowest BCUT2D eigenvalue weighted by Crippen LogP contribution is -2.27. The summed E-state index contributed by atoms with van der Waals surface area (Å²) in [6, 6.07) is 0. The highest BCUT2D eigenvalue weighted by Crippen LogP contribution is 2.07. The Hall–Kier alpha value is -1.52. The van der Waals surface area contributed by atoms with Gasteiger partial charge in [-0.1, -0.05) is 11.6 Å². The average molecular weight is 165 g/mol. The lowest BCUT2D eigenvalue weighted by atomic mass is 10.2. The second-order valence-corrected chi connectivity index (χ2v) is 2.98. The monoisotopic (exact) mass is 165 g/mol. The van der Waals surface area contributed by atoms with Crippen LogP contribution < -0.4 is 11.4 Å². The maximum Gasteiger partial charge on any atom is 0.240 e. The van der Waals surface area contributed by atoms with Gasteiger partial charge in [-0.05, 0) is 6.92 Å². The minimum absolute atomic E-state index is 0.236. The van der Waals surface area contributed by atoms with E-state index in [-0.39, 0.29) is 5.62 Å². The number of nitrogens with zero attached hydrogens (tertiary/aromatic N) is 3. The van der Waals surface area contributed by atoms with Gasteiger partial charge in [-0.15, -0.1) is 0 Å². The molecule has 0 saturated carbocycles. The van der Waals surface area contributed by atoms with Gasteiger partial charge in [0.05, 0.1) is 13.1 Å². The molecule has 5 nitrogen and oxygen atoms in total. The van der Waals surface area contributed by atoms with E-state index in [1.165, 1.54) is 5.57 Å². The Morgan fingerprint density at radius 3 is 3.08 bits per heavy atom. The van der Waals surface area contributed by atoms with E-state index < -0.39 is 0 Å². The van der Waals surface area contributed by atoms with Crippen LogP contribution in [-0.2, 0) is 13.1 Å². The summed E-state index contributed by atoms with van der Waals surface area (Å²) in [5, 5.41) is 7.48. The Balaban J connectivity index is 2.58. The lowest BCUT2D eigenvalue weighted by Gasteiger charge is -2.15. The summed E-state index contributed by atoms with van der Waals surface area (Å²) in [5.41, 5.74) is 7.08. The van der Waals surface area contributed by atoms with Crippen molar-refractivity contribution in [3.05, 3.63) is 17.3 Å². The number of fused-ring (bicyclic) bond motifs is 1. The molecule has 1 aromatic rings. The Morgan fingerprint density at radius 2 is 2.33 bits per heavy atom. The molecule has 0 aromatic carbocycles. The van der Waals surface area contributed by atoms with Crippen molar-refractivity contribution in [3.63, 3.8) is 0 Å². The molecule has 0 radical (unpaired) electrons. The van der Waals surface area contributed by atoms with Gasteiger partial charge >= 0.3 is 0 Å². The molecule has 0 bridgehead atoms. The molecule has 2 heterocycles. The van der Waals surface area contributed by atoms with E-state index in [1.807, 2.05) is 6.92 Å². The number of allylic oxidation sites excluding steroid dienone is 2. The van der Waals surface area contributed by atoms with Crippen molar-refractivity contribution in [2.24, 2.45) is 0 Å². The molecule has 12 heavy (non-hydrogen) atoms. The minimum atomic E-state index is 0.236. The zero-order valence-electron chi connectivity index (χ0n) is 6.91. The van der Waals surface area contributed by atoms with Crippen LogP contribution in [-0.4, -0.2) is 14.3 Å². The van der Waals surface area contributed by atoms with Crippen molar-refractivity contribution in [3.8, 4) is 0 Å². The van der Waals surface area contributed by atoms with Crippen LogP contribution in [0, 0.1) is 5.41 Å². The smallest absolute Gasteiger partial charge is 0.240 e. The van der Waals surface area contributed by atoms with Gasteiger partial charge in [0.2, 0.25) is 11.6 Å². The molecule has 1 aliphatic heterocycles. The zero-order valence-corrected chi connectivity index (χ0v) is 6.91. The number of rotatable bonds is 0. The summed E-state index contributed by atoms with van der Waals surface area (Å²) in [6.07, 6.45) is 2.09. The number of aromatic nitrogens is 3. The molecule has 1 aromatic heterocycles. The number of anilines is 1. The molecule has 0 aliphatic carbocycles. The van der Waals surface area contributed by atoms with Gasteiger partial charge in [0.25, 0.3) is 0 Å². The maximum atomic E-state index is 7.48. The highest BCUT2D eigenvalue weighted by Gasteiger charge is 2.10. The molecule has 0 fully saturated rings. The van der Waals surface area contributed by atoms with E-state index >= 15 is 0 Å². The van der Waals surface area contributed by atoms with Crippen LogP contribution in [0.2, 0.25) is 0 Å². The Morgan fingerprint density at radius 1 is 1.58 bits per heavy atom. The van der Waals surface area contributed by atoms with E-state index in [4.69, 9.17) is 11.1 Å². The molecule has 0 saturated heterocycles. The van der Waals surface area contributed by atoms with Crippen molar-refractivity contribution in [2.75, 3.05) is 5.73 Å². The van der Waals surface area contributed by atoms with E-state index in [9.17, 15) is 0 Å². The number of hydrogen-bond donors (Lipinski definition) is 2. The second kappa shape index (κ2) is 2.23. The van der Waals surface area contributed by atoms with Crippen LogP contribution >= 0.6 is 0 Å². The summed E-state index contributed by atoms with van der Waals surface area (Å²) >= 11 is 0. The standard InChI is InChI=1S/C7H11N5/c1-5-2-3-11-6(8)10-7(9)12(11)4-5/h2H,3-4H2,1H3,(H3,8,9,10). The van der Waals surface area contributed by atoms with Gasteiger partial charge in [0.1, 0.15) is 0 Å². The number of nitrogen functional groups attached to an aromatic ring is 1. The normalized spacial score (nSPS) is 15.6. The molecular formula is C7H11N5. The summed E-state index contributed by atoms with van der Waals surface area (Å²) in [6.45, 7) is 3.49. The van der Waals surface area contributed by atoms with E-state index in [1.54, 1.807) is 9.36 Å². The Labute approximate surface area is 69.6 Å². The first-order valence-electron chi connectivity index (χ1n) is 3.82. The van der Waals surface area contributed by atoms with E-state index in [0.717, 1.165) is 13.1 Å². The van der Waals surface area contributed by atoms with Gasteiger partial charge in [0, 0.05) is 0 Å². The average Bonchev–Trinajstić information content (AvgIpc) is 2.28. The molecule has 0 atom stereocenters. The van der Waals surface area contributed by atoms with Crippen LogP contribution in [0.5, 0.6) is 0 Å². The molecular weight excluding hydrogens is 154 g/mol. The third kappa shape index (κ3) is 0.861. The van der Waals surface area contributed by atoms with Crippen LogP contribution in [0.3, 0.4) is 0 Å². The van der Waals surface area contributed by atoms with Gasteiger partial charge in [-0.2, -0.15) is 4.98 Å². The van der Waals surface area contributed by atoms with Crippen molar-refractivity contribution < 1.29 is 0 Å². The third-order valence-corrected chi connectivity index (χ3v) is 2.03. The zero-order chi connectivity index (χ0) is 8.72. The van der Waals surface area contributed by atoms with E-state index in [0.29, 0.717) is 5.95 Å². The Bertz CT molecular complexity index is 394. The van der Waals surface area contributed by atoms with Gasteiger partial charge < -0.3 is 5.73 Å². The topological polar surface area (TPSA) is 72.6 Å². The first kappa shape index (κ1) is 7.15. The highest BCUT2D eigenvalue weighted by atomic mass is 15.5. The Kier molecular flexibility index (Phi) is 1.33. The van der Waals surface area contributed by atoms with E-state index in [2.05, 4.69) is 11.1 Å². The third-order valence-electron chi connectivity index (χ3n) is 2.03. The second-order valence-electron chi connectivity index (χ2n) is 2.98. The van der Waals surface area contributed by atoms with Crippen LogP contribution in [0.15, 0.2) is 11.6 Å². The van der Waals surface area contributed by atoms with Crippen LogP contribution in [0.1, 0.15) is 6.92 Å². The molecule has 1 aliphatic rings. The first-order chi connectivity index (χ1) is 5.68. The van der Waals surface area contributed by atoms with Crippen LogP contribution in [0.25, 0.3) is 0 Å². The first-order valence-corrected chi connectivity index (χ1v) is 3.82.